The van der Waals surface area contributed by atoms with Crippen molar-refractivity contribution < 1.29 is 27.9 Å². The van der Waals surface area contributed by atoms with Crippen LogP contribution in [-0.4, -0.2) is 35.1 Å². The van der Waals surface area contributed by atoms with Crippen molar-refractivity contribution in [3.05, 3.63) is 35.4 Å². The Morgan fingerprint density at radius 3 is 2.74 bits per heavy atom. The molecule has 1 saturated heterocycles. The quantitative estimate of drug-likeness (QED) is 0.654. The minimum Gasteiger partial charge on any atom is -0.387 e. The van der Waals surface area contributed by atoms with Gasteiger partial charge in [0.1, 0.15) is 5.92 Å². The van der Waals surface area contributed by atoms with E-state index in [0.29, 0.717) is 0 Å². The fourth-order valence-electron chi connectivity index (χ4n) is 2.87. The molecule has 3 N–H and O–H groups in total. The molecule has 0 spiro atoms. The molecule has 146 valence electrons. The molecule has 0 saturated carbocycles. The van der Waals surface area contributed by atoms with Gasteiger partial charge in [0.05, 0.1) is 29.0 Å². The molecule has 1 aliphatic heterocycles. The van der Waals surface area contributed by atoms with E-state index in [-0.39, 0.29) is 12.0 Å². The number of amides is 2. The fraction of sp³-hybridized carbons (Fsp3) is 0.471. The van der Waals surface area contributed by atoms with E-state index in [1.165, 1.54) is 23.9 Å². The highest BCUT2D eigenvalue weighted by Gasteiger charge is 2.40. The molecule has 2 amide bonds. The van der Waals surface area contributed by atoms with Crippen LogP contribution in [0.15, 0.2) is 24.3 Å². The molecule has 6 nitrogen and oxygen atoms in total. The number of rotatable bonds is 5. The van der Waals surface area contributed by atoms with E-state index in [4.69, 9.17) is 5.26 Å². The molecule has 4 atom stereocenters. The number of aliphatic hydroxyl groups excluding tert-OH is 1. The first-order valence-electron chi connectivity index (χ1n) is 8.03. The third kappa shape index (κ3) is 4.93. The summed E-state index contributed by atoms with van der Waals surface area (Å²) in [5.41, 5.74) is -1.36. The normalized spacial score (nSPS) is 23.9. The molecule has 2 rings (SSSR count). The number of piperidine rings is 1. The minimum absolute atomic E-state index is 0.00884. The van der Waals surface area contributed by atoms with Crippen molar-refractivity contribution in [3.8, 4) is 6.07 Å². The van der Waals surface area contributed by atoms with Gasteiger partial charge in [-0.3, -0.25) is 9.59 Å². The highest BCUT2D eigenvalue weighted by atomic mass is 32.2. The maximum atomic E-state index is 13.0. The standard InChI is InChI=1S/C17H18F3N3O3S/c1-27-16-9(7-21)6-11(15(26)23-16)14(25)22-8-13(24)10-4-2-3-5-12(10)17(18,19)20/h2-5,9,11,13,16,24H,6,8H2,1H3,(H,22,25)(H,23,26). The molecule has 0 radical (unpaired) electrons. The van der Waals surface area contributed by atoms with Gasteiger partial charge >= 0.3 is 6.18 Å². The van der Waals surface area contributed by atoms with Crippen molar-refractivity contribution >= 4 is 23.6 Å². The lowest BCUT2D eigenvalue weighted by molar-refractivity contribution is -0.139. The van der Waals surface area contributed by atoms with Gasteiger partial charge in [-0.2, -0.15) is 18.4 Å². The van der Waals surface area contributed by atoms with E-state index in [0.717, 1.165) is 12.1 Å². The topological polar surface area (TPSA) is 102 Å². The van der Waals surface area contributed by atoms with E-state index < -0.39 is 53.4 Å². The molecule has 0 bridgehead atoms. The van der Waals surface area contributed by atoms with Crippen molar-refractivity contribution in [3.63, 3.8) is 0 Å². The summed E-state index contributed by atoms with van der Waals surface area (Å²) < 4.78 is 39.1. The van der Waals surface area contributed by atoms with E-state index in [1.54, 1.807) is 6.26 Å². The van der Waals surface area contributed by atoms with Gasteiger partial charge in [0.15, 0.2) is 0 Å². The van der Waals surface area contributed by atoms with Gasteiger partial charge < -0.3 is 15.7 Å². The molecule has 27 heavy (non-hydrogen) atoms. The summed E-state index contributed by atoms with van der Waals surface area (Å²) in [7, 11) is 0. The Balaban J connectivity index is 2.04. The molecule has 0 aliphatic carbocycles. The largest absolute Gasteiger partial charge is 0.416 e. The summed E-state index contributed by atoms with van der Waals surface area (Å²) in [6.45, 7) is -0.487. The number of nitrogens with zero attached hydrogens (tertiary/aromatic N) is 1. The monoisotopic (exact) mass is 401 g/mol. The first-order valence-corrected chi connectivity index (χ1v) is 9.32. The van der Waals surface area contributed by atoms with Crippen molar-refractivity contribution in [1.29, 1.82) is 5.26 Å². The molecule has 4 unspecified atom stereocenters. The molecular formula is C17H18F3N3O3S. The average molecular weight is 401 g/mol. The second-order valence-electron chi connectivity index (χ2n) is 6.03. The SMILES string of the molecule is CSC1NC(=O)C(C(=O)NCC(O)c2ccccc2C(F)(F)F)CC1C#N. The lowest BCUT2D eigenvalue weighted by Crippen LogP contribution is -2.52. The molecule has 1 heterocycles. The minimum atomic E-state index is -4.64. The number of nitrogens with one attached hydrogen (secondary N) is 2. The summed E-state index contributed by atoms with van der Waals surface area (Å²) in [5, 5.41) is 23.7. The van der Waals surface area contributed by atoms with Gasteiger partial charge in [-0.15, -0.1) is 11.8 Å². The van der Waals surface area contributed by atoms with Gasteiger partial charge in [-0.05, 0) is 24.3 Å². The Hall–Kier alpha value is -2.25. The average Bonchev–Trinajstić information content (AvgIpc) is 2.64. The van der Waals surface area contributed by atoms with E-state index in [1.807, 2.05) is 6.07 Å². The third-order valence-corrected chi connectivity index (χ3v) is 5.24. The summed E-state index contributed by atoms with van der Waals surface area (Å²) in [5.74, 6) is -2.99. The Bertz CT molecular complexity index is 751. The number of nitriles is 1. The molecule has 1 aliphatic rings. The molecule has 0 aromatic heterocycles. The summed E-state index contributed by atoms with van der Waals surface area (Å²) in [6, 6.07) is 6.56. The number of carbonyl (C=O) groups excluding carboxylic acids is 2. The Morgan fingerprint density at radius 1 is 1.48 bits per heavy atom. The zero-order chi connectivity index (χ0) is 20.2. The first-order chi connectivity index (χ1) is 12.7. The van der Waals surface area contributed by atoms with Crippen LogP contribution in [0.5, 0.6) is 0 Å². The van der Waals surface area contributed by atoms with Gasteiger partial charge in [0, 0.05) is 6.54 Å². The highest BCUT2D eigenvalue weighted by molar-refractivity contribution is 7.99. The van der Waals surface area contributed by atoms with Crippen molar-refractivity contribution in [1.82, 2.24) is 10.6 Å². The van der Waals surface area contributed by atoms with E-state index in [2.05, 4.69) is 10.6 Å². The zero-order valence-electron chi connectivity index (χ0n) is 14.3. The number of hydrogen-bond donors (Lipinski definition) is 3. The Morgan fingerprint density at radius 2 is 2.15 bits per heavy atom. The fourth-order valence-corrected chi connectivity index (χ4v) is 3.61. The van der Waals surface area contributed by atoms with Crippen LogP contribution in [0.3, 0.4) is 0 Å². The van der Waals surface area contributed by atoms with Crippen LogP contribution in [0.1, 0.15) is 23.7 Å². The van der Waals surface area contributed by atoms with Crippen molar-refractivity contribution in [2.45, 2.75) is 24.1 Å². The predicted octanol–water partition coefficient (Wildman–Crippen LogP) is 1.82. The summed E-state index contributed by atoms with van der Waals surface area (Å²) >= 11 is 1.28. The lowest BCUT2D eigenvalue weighted by Gasteiger charge is -2.31. The number of benzene rings is 1. The summed E-state index contributed by atoms with van der Waals surface area (Å²) in [6.07, 6.45) is -4.50. The van der Waals surface area contributed by atoms with Crippen LogP contribution in [-0.2, 0) is 15.8 Å². The van der Waals surface area contributed by atoms with Crippen molar-refractivity contribution in [2.24, 2.45) is 11.8 Å². The molecular weight excluding hydrogens is 383 g/mol. The Kier molecular flexibility index (Phi) is 6.73. The number of alkyl halides is 3. The maximum Gasteiger partial charge on any atom is 0.416 e. The lowest BCUT2D eigenvalue weighted by atomic mass is 9.89. The van der Waals surface area contributed by atoms with Crippen molar-refractivity contribution in [2.75, 3.05) is 12.8 Å². The van der Waals surface area contributed by atoms with Crippen LogP contribution in [0.2, 0.25) is 0 Å². The Labute approximate surface area is 158 Å². The second kappa shape index (κ2) is 8.63. The summed E-state index contributed by atoms with van der Waals surface area (Å²) in [4.78, 5) is 24.3. The highest BCUT2D eigenvalue weighted by Crippen LogP contribution is 2.34. The number of halogens is 3. The predicted molar refractivity (Wildman–Crippen MR) is 92.1 cm³/mol. The van der Waals surface area contributed by atoms with Gasteiger partial charge in [0.2, 0.25) is 11.8 Å². The van der Waals surface area contributed by atoms with Gasteiger partial charge in [-0.25, -0.2) is 0 Å². The number of aliphatic hydroxyl groups is 1. The van der Waals surface area contributed by atoms with Gasteiger partial charge in [-0.1, -0.05) is 18.2 Å². The van der Waals surface area contributed by atoms with Crippen LogP contribution in [0.25, 0.3) is 0 Å². The van der Waals surface area contributed by atoms with E-state index >= 15 is 0 Å². The molecule has 1 aromatic rings. The maximum absolute atomic E-state index is 13.0. The number of hydrogen-bond acceptors (Lipinski definition) is 5. The molecule has 1 aromatic carbocycles. The van der Waals surface area contributed by atoms with Crippen LogP contribution in [0, 0.1) is 23.2 Å². The smallest absolute Gasteiger partial charge is 0.387 e. The molecule has 10 heteroatoms. The van der Waals surface area contributed by atoms with Crippen LogP contribution < -0.4 is 10.6 Å². The zero-order valence-corrected chi connectivity index (χ0v) is 15.1. The van der Waals surface area contributed by atoms with E-state index in [9.17, 15) is 27.9 Å². The first kappa shape index (κ1) is 21.1. The molecule has 1 fully saturated rings. The number of thioether (sulfide) groups is 1. The van der Waals surface area contributed by atoms with Crippen LogP contribution in [0.4, 0.5) is 13.2 Å². The second-order valence-corrected chi connectivity index (χ2v) is 7.01. The van der Waals surface area contributed by atoms with Gasteiger partial charge in [0.25, 0.3) is 0 Å². The van der Waals surface area contributed by atoms with Crippen LogP contribution >= 0.6 is 11.8 Å². The number of carbonyl (C=O) groups is 2. The third-order valence-electron chi connectivity index (χ3n) is 4.29.